The molecule has 9 heteroatoms. The van der Waals surface area contributed by atoms with E-state index in [9.17, 15) is 23.1 Å². The number of β-amino-alcohol motifs (C(OH)–C–C–N with tert-alkyl or cyclic N) is 1. The smallest absolute Gasteiger partial charge is 0.325 e. The predicted octanol–water partition coefficient (Wildman–Crippen LogP) is 2.00. The maximum Gasteiger partial charge on any atom is 0.325 e. The highest BCUT2D eigenvalue weighted by Crippen LogP contribution is 2.28. The molecule has 1 N–H and O–H groups in total. The number of sulfonamides is 1. The first-order valence-corrected chi connectivity index (χ1v) is 12.0. The van der Waals surface area contributed by atoms with E-state index >= 15 is 0 Å². The Morgan fingerprint density at radius 2 is 1.68 bits per heavy atom. The van der Waals surface area contributed by atoms with Crippen molar-refractivity contribution >= 4 is 21.9 Å². The number of carbonyl (C=O) groups is 2. The van der Waals surface area contributed by atoms with E-state index in [1.54, 1.807) is 24.0 Å². The lowest BCUT2D eigenvalue weighted by atomic mass is 10.1. The summed E-state index contributed by atoms with van der Waals surface area (Å²) in [6.07, 6.45) is -2.14. The molecule has 0 spiro atoms. The molecule has 1 amide bonds. The van der Waals surface area contributed by atoms with Crippen molar-refractivity contribution < 1.29 is 27.9 Å². The van der Waals surface area contributed by atoms with Gasteiger partial charge >= 0.3 is 5.97 Å². The van der Waals surface area contributed by atoms with Gasteiger partial charge in [-0.15, -0.1) is 0 Å². The summed E-state index contributed by atoms with van der Waals surface area (Å²) in [5, 5.41) is 10.1. The number of hydrogen-bond donors (Lipinski definition) is 1. The number of hydrogen-bond acceptors (Lipinski definition) is 6. The fraction of sp³-hybridized carbons (Fsp3) is 0.636. The number of carbonyl (C=O) groups excluding carboxylic acids is 2. The zero-order valence-corrected chi connectivity index (χ0v) is 20.1. The third-order valence-corrected chi connectivity index (χ3v) is 7.47. The van der Waals surface area contributed by atoms with Crippen molar-refractivity contribution in [2.75, 3.05) is 6.54 Å². The zero-order valence-electron chi connectivity index (χ0n) is 19.3. The minimum Gasteiger partial charge on any atom is -0.451 e. The number of esters is 1. The average molecular weight is 455 g/mol. The van der Waals surface area contributed by atoms with Crippen molar-refractivity contribution in [1.82, 2.24) is 9.21 Å². The van der Waals surface area contributed by atoms with Crippen LogP contribution in [0, 0.1) is 13.8 Å². The number of amides is 1. The molecule has 0 radical (unpaired) electrons. The molecule has 1 aliphatic heterocycles. The molecule has 0 aromatic heterocycles. The Morgan fingerprint density at radius 1 is 1.10 bits per heavy atom. The van der Waals surface area contributed by atoms with Gasteiger partial charge in [-0.2, -0.15) is 4.31 Å². The highest BCUT2D eigenvalue weighted by atomic mass is 32.2. The molecule has 1 fully saturated rings. The van der Waals surface area contributed by atoms with E-state index in [4.69, 9.17) is 4.74 Å². The Labute approximate surface area is 185 Å². The minimum absolute atomic E-state index is 0.0532. The van der Waals surface area contributed by atoms with Gasteiger partial charge in [0.15, 0.2) is 6.10 Å². The van der Waals surface area contributed by atoms with Gasteiger partial charge in [0.25, 0.3) is 5.91 Å². The van der Waals surface area contributed by atoms with Crippen LogP contribution in [-0.2, 0) is 24.3 Å². The quantitative estimate of drug-likeness (QED) is 0.632. The molecule has 8 nitrogen and oxygen atoms in total. The molecule has 2 rings (SSSR count). The summed E-state index contributed by atoms with van der Waals surface area (Å²) in [6, 6.07) is 3.39. The van der Waals surface area contributed by atoms with E-state index < -0.39 is 34.2 Å². The molecule has 1 aromatic carbocycles. The van der Waals surface area contributed by atoms with E-state index in [2.05, 4.69) is 0 Å². The first kappa shape index (κ1) is 25.3. The van der Waals surface area contributed by atoms with E-state index in [0.29, 0.717) is 0 Å². The summed E-state index contributed by atoms with van der Waals surface area (Å²) in [7, 11) is -4.03. The molecule has 174 valence electrons. The van der Waals surface area contributed by atoms with Crippen LogP contribution in [0.1, 0.15) is 52.2 Å². The number of rotatable bonds is 7. The lowest BCUT2D eigenvalue weighted by Gasteiger charge is -2.33. The number of aliphatic hydroxyl groups excluding tert-OH is 1. The molecule has 3 atom stereocenters. The number of ether oxygens (including phenoxy) is 1. The van der Waals surface area contributed by atoms with Crippen LogP contribution in [0.15, 0.2) is 23.1 Å². The predicted molar refractivity (Wildman–Crippen MR) is 117 cm³/mol. The SMILES string of the molecule is Cc1ccc(S(=O)(=O)N2CC(O)C[C@H]2C(=O)OC(C)C(=O)N(C(C)C)C(C)C)cc1C. The molecule has 31 heavy (non-hydrogen) atoms. The Hall–Kier alpha value is -1.97. The summed E-state index contributed by atoms with van der Waals surface area (Å²) in [6.45, 7) is 12.4. The van der Waals surface area contributed by atoms with Crippen LogP contribution in [0.3, 0.4) is 0 Å². The van der Waals surface area contributed by atoms with Gasteiger partial charge in [0.2, 0.25) is 10.0 Å². The maximum absolute atomic E-state index is 13.2. The average Bonchev–Trinajstić information content (AvgIpc) is 3.06. The minimum atomic E-state index is -4.03. The van der Waals surface area contributed by atoms with Crippen LogP contribution >= 0.6 is 0 Å². The van der Waals surface area contributed by atoms with Gasteiger partial charge in [-0.3, -0.25) is 9.59 Å². The molecule has 1 aromatic rings. The van der Waals surface area contributed by atoms with Gasteiger partial charge in [0.1, 0.15) is 6.04 Å². The third-order valence-electron chi connectivity index (χ3n) is 5.60. The van der Waals surface area contributed by atoms with Crippen LogP contribution in [-0.4, -0.2) is 71.5 Å². The Balaban J connectivity index is 2.24. The van der Waals surface area contributed by atoms with Crippen LogP contribution in [0.4, 0.5) is 0 Å². The summed E-state index contributed by atoms with van der Waals surface area (Å²) in [5.74, 6) is -1.18. The van der Waals surface area contributed by atoms with Crippen molar-refractivity contribution in [2.45, 2.75) is 90.1 Å². The van der Waals surface area contributed by atoms with Gasteiger partial charge in [0, 0.05) is 25.0 Å². The number of aliphatic hydroxyl groups is 1. The molecular weight excluding hydrogens is 420 g/mol. The summed E-state index contributed by atoms with van der Waals surface area (Å²) in [4.78, 5) is 27.3. The second-order valence-corrected chi connectivity index (χ2v) is 10.6. The summed E-state index contributed by atoms with van der Waals surface area (Å²) < 4.78 is 32.8. The second-order valence-electron chi connectivity index (χ2n) is 8.74. The van der Waals surface area contributed by atoms with Crippen molar-refractivity contribution in [3.8, 4) is 0 Å². The normalized spacial score (nSPS) is 20.8. The Bertz CT molecular complexity index is 920. The summed E-state index contributed by atoms with van der Waals surface area (Å²) >= 11 is 0. The van der Waals surface area contributed by atoms with E-state index in [1.807, 2.05) is 34.6 Å². The molecule has 0 saturated carbocycles. The molecule has 0 aliphatic carbocycles. The molecule has 1 saturated heterocycles. The fourth-order valence-corrected chi connectivity index (χ4v) is 5.60. The van der Waals surface area contributed by atoms with Gasteiger partial charge < -0.3 is 14.7 Å². The monoisotopic (exact) mass is 454 g/mol. The number of aryl methyl sites for hydroxylation is 2. The fourth-order valence-electron chi connectivity index (χ4n) is 3.89. The number of nitrogens with zero attached hydrogens (tertiary/aromatic N) is 2. The van der Waals surface area contributed by atoms with E-state index in [-0.39, 0.29) is 35.9 Å². The van der Waals surface area contributed by atoms with Crippen LogP contribution in [0.25, 0.3) is 0 Å². The van der Waals surface area contributed by atoms with Gasteiger partial charge in [-0.25, -0.2) is 8.42 Å². The highest BCUT2D eigenvalue weighted by molar-refractivity contribution is 7.89. The second kappa shape index (κ2) is 9.67. The van der Waals surface area contributed by atoms with Crippen molar-refractivity contribution in [2.24, 2.45) is 0 Å². The van der Waals surface area contributed by atoms with Crippen molar-refractivity contribution in [3.05, 3.63) is 29.3 Å². The number of benzene rings is 1. The Kier molecular flexibility index (Phi) is 7.89. The zero-order chi connectivity index (χ0) is 23.7. The lowest BCUT2D eigenvalue weighted by molar-refractivity contribution is -0.163. The van der Waals surface area contributed by atoms with Gasteiger partial charge in [-0.1, -0.05) is 6.07 Å². The van der Waals surface area contributed by atoms with E-state index in [1.165, 1.54) is 13.0 Å². The van der Waals surface area contributed by atoms with Crippen LogP contribution in [0.2, 0.25) is 0 Å². The Morgan fingerprint density at radius 3 is 2.19 bits per heavy atom. The van der Waals surface area contributed by atoms with E-state index in [0.717, 1.165) is 15.4 Å². The first-order chi connectivity index (χ1) is 14.3. The maximum atomic E-state index is 13.2. The lowest BCUT2D eigenvalue weighted by Crippen LogP contribution is -2.49. The third kappa shape index (κ3) is 5.45. The van der Waals surface area contributed by atoms with Crippen LogP contribution < -0.4 is 0 Å². The molecule has 0 bridgehead atoms. The first-order valence-electron chi connectivity index (χ1n) is 10.6. The molecule has 1 heterocycles. The standard InChI is InChI=1S/C22H34N2O6S/c1-13(2)24(14(3)4)21(26)17(7)30-22(27)20-11-18(25)12-23(20)31(28,29)19-9-8-15(5)16(6)10-19/h8-10,13-14,17-18,20,25H,11-12H2,1-7H3/t17?,18?,20-/m0/s1. The van der Waals surface area contributed by atoms with Crippen molar-refractivity contribution in [1.29, 1.82) is 0 Å². The topological polar surface area (TPSA) is 104 Å². The molecule has 1 aliphatic rings. The largest absolute Gasteiger partial charge is 0.451 e. The summed E-state index contributed by atoms with van der Waals surface area (Å²) in [5.41, 5.74) is 1.75. The van der Waals surface area contributed by atoms with Crippen LogP contribution in [0.5, 0.6) is 0 Å². The van der Waals surface area contributed by atoms with Crippen molar-refractivity contribution in [3.63, 3.8) is 0 Å². The highest BCUT2D eigenvalue weighted by Gasteiger charge is 2.45. The molecule has 2 unspecified atom stereocenters. The molecular formula is C22H34N2O6S. The van der Waals surface area contributed by atoms with Gasteiger partial charge in [0.05, 0.1) is 11.0 Å². The van der Waals surface area contributed by atoms with Gasteiger partial charge in [-0.05, 0) is 71.7 Å².